The van der Waals surface area contributed by atoms with Gasteiger partial charge in [-0.3, -0.25) is 0 Å². The fourth-order valence-electron chi connectivity index (χ4n) is 0. The summed E-state index contributed by atoms with van der Waals surface area (Å²) < 4.78 is 22.4. The van der Waals surface area contributed by atoms with Gasteiger partial charge in [-0.25, -0.2) is 0 Å². The molecule has 0 saturated carbocycles. The first-order valence-corrected chi connectivity index (χ1v) is 3.59. The standard InChI is InChI=1S/CH5AsO3/c1-5-2(3)4/h2H,1H3,(H,3,4)/p-1. The third-order valence-corrected chi connectivity index (χ3v) is 0.866. The normalized spacial score (nSPS) is 14.8. The SMILES string of the molecule is CO[AsH](=O)[O-]. The van der Waals surface area contributed by atoms with Crippen molar-refractivity contribution in [3.8, 4) is 0 Å². The van der Waals surface area contributed by atoms with E-state index in [4.69, 9.17) is 0 Å². The van der Waals surface area contributed by atoms with Crippen molar-refractivity contribution < 1.29 is 11.6 Å². The van der Waals surface area contributed by atoms with Gasteiger partial charge >= 0.3 is 33.9 Å². The molecule has 1 atom stereocenters. The van der Waals surface area contributed by atoms with Crippen LogP contribution < -0.4 is 4.10 Å². The average Bonchev–Trinajstić information content (AvgIpc) is 1.38. The Labute approximate surface area is 34.8 Å². The van der Waals surface area contributed by atoms with Crippen LogP contribution in [-0.2, 0) is 7.47 Å². The molecule has 0 saturated heterocycles. The average molecular weight is 139 g/mol. The molecule has 32 valence electrons. The predicted octanol–water partition coefficient (Wildman–Crippen LogP) is -1.86. The number of hydrogen-bond acceptors (Lipinski definition) is 3. The van der Waals surface area contributed by atoms with Crippen LogP contribution in [0.2, 0.25) is 0 Å². The molecule has 4 heteroatoms. The van der Waals surface area contributed by atoms with Crippen LogP contribution in [0.25, 0.3) is 0 Å². The van der Waals surface area contributed by atoms with Crippen molar-refractivity contribution in [3.05, 3.63) is 0 Å². The van der Waals surface area contributed by atoms with E-state index in [-0.39, 0.29) is 0 Å². The minimum atomic E-state index is -3.36. The van der Waals surface area contributed by atoms with Gasteiger partial charge in [0.25, 0.3) is 0 Å². The van der Waals surface area contributed by atoms with Gasteiger partial charge in [-0.2, -0.15) is 0 Å². The molecule has 0 radical (unpaired) electrons. The van der Waals surface area contributed by atoms with E-state index in [2.05, 4.69) is 3.73 Å². The first-order chi connectivity index (χ1) is 2.27. The van der Waals surface area contributed by atoms with Crippen molar-refractivity contribution in [2.45, 2.75) is 0 Å². The molecule has 0 aliphatic rings. The molecule has 0 rings (SSSR count). The van der Waals surface area contributed by atoms with Crippen molar-refractivity contribution in [3.63, 3.8) is 0 Å². The molecule has 0 heterocycles. The van der Waals surface area contributed by atoms with Crippen molar-refractivity contribution in [2.24, 2.45) is 0 Å². The first-order valence-electron chi connectivity index (χ1n) is 1.02. The molecule has 1 unspecified atom stereocenters. The van der Waals surface area contributed by atoms with Gasteiger partial charge in [-0.1, -0.05) is 0 Å². The predicted molar refractivity (Wildman–Crippen MR) is 14.8 cm³/mol. The van der Waals surface area contributed by atoms with Crippen LogP contribution >= 0.6 is 0 Å². The number of rotatable bonds is 1. The Kier molecular flexibility index (Phi) is 2.65. The second-order valence-corrected chi connectivity index (χ2v) is 2.36. The van der Waals surface area contributed by atoms with E-state index in [1.54, 1.807) is 0 Å². The van der Waals surface area contributed by atoms with Gasteiger partial charge < -0.3 is 0 Å². The summed E-state index contributed by atoms with van der Waals surface area (Å²) in [7, 11) is 1.15. The van der Waals surface area contributed by atoms with E-state index in [1.165, 1.54) is 0 Å². The summed E-state index contributed by atoms with van der Waals surface area (Å²) in [6.07, 6.45) is 0. The third-order valence-electron chi connectivity index (χ3n) is 0.167. The summed E-state index contributed by atoms with van der Waals surface area (Å²) >= 11 is -3.36. The van der Waals surface area contributed by atoms with Crippen LogP contribution in [0.1, 0.15) is 0 Å². The van der Waals surface area contributed by atoms with Crippen LogP contribution in [0, 0.1) is 0 Å². The van der Waals surface area contributed by atoms with Gasteiger partial charge in [0, 0.05) is 0 Å². The molecule has 0 bridgehead atoms. The van der Waals surface area contributed by atoms with Crippen LogP contribution in [0.3, 0.4) is 0 Å². The molecule has 0 aromatic rings. The van der Waals surface area contributed by atoms with E-state index >= 15 is 0 Å². The second kappa shape index (κ2) is 2.51. The van der Waals surface area contributed by atoms with Gasteiger partial charge in [0.2, 0.25) is 0 Å². The molecular weight excluding hydrogens is 135 g/mol. The molecule has 5 heavy (non-hydrogen) atoms. The minimum absolute atomic E-state index is 1.15. The zero-order valence-corrected chi connectivity index (χ0v) is 4.82. The zero-order valence-electron chi connectivity index (χ0n) is 2.72. The second-order valence-electron chi connectivity index (χ2n) is 0.454. The van der Waals surface area contributed by atoms with Gasteiger partial charge in [-0.05, 0) is 0 Å². The van der Waals surface area contributed by atoms with E-state index in [0.717, 1.165) is 7.11 Å². The molecule has 0 aromatic heterocycles. The van der Waals surface area contributed by atoms with Crippen LogP contribution in [0.4, 0.5) is 0 Å². The molecule has 0 aromatic carbocycles. The Hall–Kier alpha value is 0.278. The van der Waals surface area contributed by atoms with E-state index in [9.17, 15) is 7.84 Å². The first kappa shape index (κ1) is 5.28. The zero-order chi connectivity index (χ0) is 4.28. The third kappa shape index (κ3) is 4.28. The van der Waals surface area contributed by atoms with Gasteiger partial charge in [0.05, 0.1) is 0 Å². The van der Waals surface area contributed by atoms with Crippen molar-refractivity contribution in [1.82, 2.24) is 0 Å². The summed E-state index contributed by atoms with van der Waals surface area (Å²) in [4.78, 5) is 0. The Morgan fingerprint density at radius 3 is 2.20 bits per heavy atom. The van der Waals surface area contributed by atoms with Gasteiger partial charge in [0.15, 0.2) is 0 Å². The summed E-state index contributed by atoms with van der Waals surface area (Å²) in [5.74, 6) is 0. The van der Waals surface area contributed by atoms with Crippen molar-refractivity contribution in [1.29, 1.82) is 0 Å². The Balaban J connectivity index is 2.85. The Morgan fingerprint density at radius 2 is 2.20 bits per heavy atom. The molecule has 0 amide bonds. The summed E-state index contributed by atoms with van der Waals surface area (Å²) in [5, 5.41) is 0. The number of hydrogen-bond donors (Lipinski definition) is 0. The van der Waals surface area contributed by atoms with Crippen LogP contribution in [0.15, 0.2) is 0 Å². The Bertz CT molecular complexity index is 42.2. The van der Waals surface area contributed by atoms with Crippen LogP contribution in [0.5, 0.6) is 0 Å². The fourth-order valence-corrected chi connectivity index (χ4v) is 0. The molecule has 0 aliphatic heterocycles. The molecular formula is CH4AsO3-. The molecule has 0 N–H and O–H groups in total. The maximum absolute atomic E-state index is 9.28. The molecule has 0 spiro atoms. The van der Waals surface area contributed by atoms with Crippen LogP contribution in [-0.4, -0.2) is 22.4 Å². The summed E-state index contributed by atoms with van der Waals surface area (Å²) in [6.45, 7) is 0. The van der Waals surface area contributed by atoms with E-state index < -0.39 is 15.3 Å². The van der Waals surface area contributed by atoms with Gasteiger partial charge in [-0.15, -0.1) is 0 Å². The summed E-state index contributed by atoms with van der Waals surface area (Å²) in [5.41, 5.74) is 0. The van der Waals surface area contributed by atoms with Crippen molar-refractivity contribution in [2.75, 3.05) is 7.11 Å². The molecule has 0 aliphatic carbocycles. The monoisotopic (exact) mass is 139 g/mol. The topological polar surface area (TPSA) is 49.4 Å². The van der Waals surface area contributed by atoms with E-state index in [0.29, 0.717) is 0 Å². The van der Waals surface area contributed by atoms with Crippen molar-refractivity contribution >= 4 is 15.3 Å². The summed E-state index contributed by atoms with van der Waals surface area (Å²) in [6, 6.07) is 0. The Morgan fingerprint density at radius 1 is 2.00 bits per heavy atom. The fraction of sp³-hybridized carbons (Fsp3) is 1.00. The molecule has 3 nitrogen and oxygen atoms in total. The van der Waals surface area contributed by atoms with E-state index in [1.807, 2.05) is 0 Å². The maximum atomic E-state index is 9.28. The molecule has 0 fully saturated rings. The van der Waals surface area contributed by atoms with Gasteiger partial charge in [0.1, 0.15) is 0 Å². The quantitative estimate of drug-likeness (QED) is 0.400.